The second kappa shape index (κ2) is 6.59. The molecule has 0 heterocycles. The van der Waals surface area contributed by atoms with Gasteiger partial charge in [0.15, 0.2) is 0 Å². The van der Waals surface area contributed by atoms with Gasteiger partial charge in [-0.2, -0.15) is 0 Å². The molecule has 106 valence electrons. The van der Waals surface area contributed by atoms with Crippen LogP contribution in [0.1, 0.15) is 37.0 Å². The van der Waals surface area contributed by atoms with Crippen molar-refractivity contribution in [2.75, 3.05) is 0 Å². The Labute approximate surface area is 122 Å². The van der Waals surface area contributed by atoms with Gasteiger partial charge >= 0.3 is 5.97 Å². The standard InChI is InChI=1S/C12H14Cl2O4S/c1-3-4-8(2)18-12(15)9-5-6-10(13)11(7-9)19(14,16)17/h5-8H,3-4H2,1-2H3. The van der Waals surface area contributed by atoms with Crippen molar-refractivity contribution in [1.29, 1.82) is 0 Å². The fourth-order valence-corrected chi connectivity index (χ4v) is 3.03. The topological polar surface area (TPSA) is 60.4 Å². The number of ether oxygens (including phenoxy) is 1. The molecule has 0 saturated carbocycles. The molecule has 0 aliphatic carbocycles. The van der Waals surface area contributed by atoms with Gasteiger partial charge in [0.1, 0.15) is 4.90 Å². The SMILES string of the molecule is CCCC(C)OC(=O)c1ccc(Cl)c(S(=O)(=O)Cl)c1. The first kappa shape index (κ1) is 16.3. The van der Waals surface area contributed by atoms with Crippen molar-refractivity contribution in [3.63, 3.8) is 0 Å². The van der Waals surface area contributed by atoms with Crippen molar-refractivity contribution in [2.24, 2.45) is 0 Å². The zero-order valence-electron chi connectivity index (χ0n) is 10.5. The predicted molar refractivity (Wildman–Crippen MR) is 74.3 cm³/mol. The Hall–Kier alpha value is -0.780. The van der Waals surface area contributed by atoms with E-state index in [2.05, 4.69) is 0 Å². The zero-order valence-corrected chi connectivity index (χ0v) is 12.8. The van der Waals surface area contributed by atoms with Gasteiger partial charge in [-0.1, -0.05) is 24.9 Å². The van der Waals surface area contributed by atoms with Crippen LogP contribution in [0.4, 0.5) is 0 Å². The van der Waals surface area contributed by atoms with Crippen LogP contribution in [0.25, 0.3) is 0 Å². The van der Waals surface area contributed by atoms with Crippen LogP contribution in [0.2, 0.25) is 5.02 Å². The quantitative estimate of drug-likeness (QED) is 0.613. The van der Waals surface area contributed by atoms with Crippen molar-refractivity contribution in [3.8, 4) is 0 Å². The monoisotopic (exact) mass is 324 g/mol. The van der Waals surface area contributed by atoms with Crippen LogP contribution in [0, 0.1) is 0 Å². The average molecular weight is 325 g/mol. The van der Waals surface area contributed by atoms with Gasteiger partial charge in [0, 0.05) is 10.7 Å². The summed E-state index contributed by atoms with van der Waals surface area (Å²) < 4.78 is 27.7. The van der Waals surface area contributed by atoms with E-state index >= 15 is 0 Å². The number of halogens is 2. The van der Waals surface area contributed by atoms with Crippen molar-refractivity contribution in [2.45, 2.75) is 37.7 Å². The molecule has 0 aliphatic rings. The molecule has 1 aromatic carbocycles. The first-order valence-electron chi connectivity index (χ1n) is 5.71. The highest BCUT2D eigenvalue weighted by Gasteiger charge is 2.19. The Kier molecular flexibility index (Phi) is 5.64. The molecule has 0 amide bonds. The van der Waals surface area contributed by atoms with Crippen LogP contribution in [0.15, 0.2) is 23.1 Å². The van der Waals surface area contributed by atoms with E-state index in [1.54, 1.807) is 6.92 Å². The van der Waals surface area contributed by atoms with Crippen molar-refractivity contribution >= 4 is 37.3 Å². The Morgan fingerprint density at radius 3 is 2.58 bits per heavy atom. The summed E-state index contributed by atoms with van der Waals surface area (Å²) in [4.78, 5) is 11.5. The lowest BCUT2D eigenvalue weighted by molar-refractivity contribution is 0.0323. The lowest BCUT2D eigenvalue weighted by Gasteiger charge is -2.12. The van der Waals surface area contributed by atoms with E-state index in [0.717, 1.165) is 18.9 Å². The van der Waals surface area contributed by atoms with Crippen LogP contribution >= 0.6 is 22.3 Å². The second-order valence-corrected chi connectivity index (χ2v) is 7.03. The third kappa shape index (κ3) is 4.67. The highest BCUT2D eigenvalue weighted by atomic mass is 35.7. The molecular weight excluding hydrogens is 311 g/mol. The number of carbonyl (C=O) groups excluding carboxylic acids is 1. The number of esters is 1. The Morgan fingerprint density at radius 1 is 1.42 bits per heavy atom. The van der Waals surface area contributed by atoms with E-state index in [9.17, 15) is 13.2 Å². The minimum absolute atomic E-state index is 0.0341. The lowest BCUT2D eigenvalue weighted by Crippen LogP contribution is -2.15. The van der Waals surface area contributed by atoms with Crippen molar-refractivity contribution < 1.29 is 17.9 Å². The molecule has 4 nitrogen and oxygen atoms in total. The molecule has 0 radical (unpaired) electrons. The molecule has 0 spiro atoms. The van der Waals surface area contributed by atoms with Gasteiger partial charge in [-0.05, 0) is 31.5 Å². The molecule has 0 N–H and O–H groups in total. The normalized spacial score (nSPS) is 13.1. The fraction of sp³-hybridized carbons (Fsp3) is 0.417. The maximum Gasteiger partial charge on any atom is 0.338 e. The van der Waals surface area contributed by atoms with E-state index in [1.165, 1.54) is 12.1 Å². The Morgan fingerprint density at radius 2 is 2.05 bits per heavy atom. The number of hydrogen-bond donors (Lipinski definition) is 0. The lowest BCUT2D eigenvalue weighted by atomic mass is 10.2. The van der Waals surface area contributed by atoms with Crippen LogP contribution in [-0.2, 0) is 13.8 Å². The molecule has 1 atom stereocenters. The molecule has 1 unspecified atom stereocenters. The number of carbonyl (C=O) groups is 1. The minimum Gasteiger partial charge on any atom is -0.459 e. The molecular formula is C12H14Cl2O4S. The third-order valence-corrected chi connectivity index (χ3v) is 4.24. The van der Waals surface area contributed by atoms with Gasteiger partial charge < -0.3 is 4.74 Å². The molecule has 0 saturated heterocycles. The first-order valence-corrected chi connectivity index (χ1v) is 8.39. The molecule has 1 rings (SSSR count). The number of benzene rings is 1. The van der Waals surface area contributed by atoms with Crippen molar-refractivity contribution in [3.05, 3.63) is 28.8 Å². The summed E-state index contributed by atoms with van der Waals surface area (Å²) in [6.45, 7) is 3.75. The van der Waals surface area contributed by atoms with Gasteiger partial charge in [0.05, 0.1) is 16.7 Å². The van der Waals surface area contributed by atoms with E-state index in [4.69, 9.17) is 27.0 Å². The second-order valence-electron chi connectivity index (χ2n) is 4.09. The summed E-state index contributed by atoms with van der Waals surface area (Å²) in [5.74, 6) is -0.598. The largest absolute Gasteiger partial charge is 0.459 e. The van der Waals surface area contributed by atoms with Crippen LogP contribution in [0.3, 0.4) is 0 Å². The summed E-state index contributed by atoms with van der Waals surface area (Å²) >= 11 is 5.73. The Bertz CT molecular complexity index is 569. The molecule has 0 bridgehead atoms. The predicted octanol–water partition coefficient (Wildman–Crippen LogP) is 3.61. The van der Waals surface area contributed by atoms with E-state index < -0.39 is 15.0 Å². The minimum atomic E-state index is -4.00. The van der Waals surface area contributed by atoms with Crippen LogP contribution in [0.5, 0.6) is 0 Å². The highest BCUT2D eigenvalue weighted by Crippen LogP contribution is 2.26. The molecule has 0 fully saturated rings. The average Bonchev–Trinajstić information content (AvgIpc) is 2.27. The first-order chi connectivity index (χ1) is 8.75. The number of hydrogen-bond acceptors (Lipinski definition) is 4. The fourth-order valence-electron chi connectivity index (χ4n) is 1.53. The highest BCUT2D eigenvalue weighted by molar-refractivity contribution is 8.13. The summed E-state index contributed by atoms with van der Waals surface area (Å²) in [6, 6.07) is 3.82. The van der Waals surface area contributed by atoms with E-state index in [-0.39, 0.29) is 21.6 Å². The molecule has 19 heavy (non-hydrogen) atoms. The summed E-state index contributed by atoms with van der Waals surface area (Å²) in [6.07, 6.45) is 1.39. The van der Waals surface area contributed by atoms with Crippen LogP contribution in [-0.4, -0.2) is 20.5 Å². The molecule has 0 aliphatic heterocycles. The van der Waals surface area contributed by atoms with Gasteiger partial charge in [-0.15, -0.1) is 0 Å². The number of rotatable bonds is 5. The smallest absolute Gasteiger partial charge is 0.338 e. The maximum atomic E-state index is 11.8. The summed E-state index contributed by atoms with van der Waals surface area (Å²) in [7, 11) is 1.24. The van der Waals surface area contributed by atoms with Crippen LogP contribution < -0.4 is 0 Å². The van der Waals surface area contributed by atoms with Gasteiger partial charge in [0.2, 0.25) is 0 Å². The summed E-state index contributed by atoms with van der Waals surface area (Å²) in [5, 5.41) is -0.0341. The molecule has 1 aromatic rings. The molecule has 7 heteroatoms. The summed E-state index contributed by atoms with van der Waals surface area (Å²) in [5.41, 5.74) is 0.103. The maximum absolute atomic E-state index is 11.8. The third-order valence-electron chi connectivity index (χ3n) is 2.43. The van der Waals surface area contributed by atoms with Gasteiger partial charge in [-0.25, -0.2) is 13.2 Å². The molecule has 0 aromatic heterocycles. The van der Waals surface area contributed by atoms with Gasteiger partial charge in [-0.3, -0.25) is 0 Å². The zero-order chi connectivity index (χ0) is 14.6. The van der Waals surface area contributed by atoms with E-state index in [0.29, 0.717) is 0 Å². The Balaban J connectivity index is 3.00. The van der Waals surface area contributed by atoms with Crippen molar-refractivity contribution in [1.82, 2.24) is 0 Å². The van der Waals surface area contributed by atoms with Gasteiger partial charge in [0.25, 0.3) is 9.05 Å². The van der Waals surface area contributed by atoms with E-state index in [1.807, 2.05) is 6.92 Å².